The van der Waals surface area contributed by atoms with Gasteiger partial charge in [-0.1, -0.05) is 6.07 Å². The van der Waals surface area contributed by atoms with Crippen molar-refractivity contribution in [3.63, 3.8) is 0 Å². The maximum atomic E-state index is 13.8. The van der Waals surface area contributed by atoms with E-state index in [1.807, 2.05) is 0 Å². The number of alkyl halides is 4. The van der Waals surface area contributed by atoms with Gasteiger partial charge >= 0.3 is 6.18 Å². The van der Waals surface area contributed by atoms with Crippen LogP contribution in [0.3, 0.4) is 0 Å². The first-order valence-corrected chi connectivity index (χ1v) is 6.26. The minimum Gasteiger partial charge on any atom is -0.253 e. The van der Waals surface area contributed by atoms with Gasteiger partial charge in [0.15, 0.2) is 0 Å². The fourth-order valence-electron chi connectivity index (χ4n) is 1.78. The molecule has 0 radical (unpaired) electrons. The molecule has 1 heterocycles. The Bertz CT molecular complexity index is 638. The predicted molar refractivity (Wildman–Crippen MR) is 68.9 cm³/mol. The molecular weight excluding hydrogens is 294 g/mol. The van der Waals surface area contributed by atoms with E-state index in [0.717, 1.165) is 17.7 Å². The van der Waals surface area contributed by atoms with Gasteiger partial charge in [0.05, 0.1) is 11.3 Å². The Labute approximate surface area is 118 Å². The average molecular weight is 304 g/mol. The smallest absolute Gasteiger partial charge is 0.253 e. The number of rotatable bonds is 2. The van der Waals surface area contributed by atoms with Crippen LogP contribution >= 0.6 is 11.6 Å². The van der Waals surface area contributed by atoms with Crippen LogP contribution in [0, 0.1) is 12.7 Å². The molecular formula is C14H10ClF4N. The SMILES string of the molecule is Cc1nc(-c2ccc(C(F)(F)F)cc2F)ccc1CCl. The summed E-state index contributed by atoms with van der Waals surface area (Å²) in [7, 11) is 0. The van der Waals surface area contributed by atoms with Gasteiger partial charge in [-0.2, -0.15) is 13.2 Å². The van der Waals surface area contributed by atoms with Gasteiger partial charge in [-0.05, 0) is 36.8 Å². The van der Waals surface area contributed by atoms with Gasteiger partial charge in [0, 0.05) is 17.1 Å². The van der Waals surface area contributed by atoms with Crippen LogP contribution in [-0.4, -0.2) is 4.98 Å². The average Bonchev–Trinajstić information content (AvgIpc) is 2.37. The molecule has 0 spiro atoms. The van der Waals surface area contributed by atoms with Gasteiger partial charge in [0.1, 0.15) is 5.82 Å². The highest BCUT2D eigenvalue weighted by Crippen LogP contribution is 2.32. The van der Waals surface area contributed by atoms with Crippen molar-refractivity contribution in [1.82, 2.24) is 4.98 Å². The molecule has 0 saturated heterocycles. The number of aryl methyl sites for hydroxylation is 1. The van der Waals surface area contributed by atoms with E-state index >= 15 is 0 Å². The molecule has 0 atom stereocenters. The van der Waals surface area contributed by atoms with Gasteiger partial charge in [-0.3, -0.25) is 4.98 Å². The van der Waals surface area contributed by atoms with Crippen LogP contribution in [0.25, 0.3) is 11.3 Å². The largest absolute Gasteiger partial charge is 0.416 e. The maximum absolute atomic E-state index is 13.8. The zero-order chi connectivity index (χ0) is 14.9. The highest BCUT2D eigenvalue weighted by molar-refractivity contribution is 6.17. The fourth-order valence-corrected chi connectivity index (χ4v) is 2.06. The van der Waals surface area contributed by atoms with Crippen LogP contribution in [0.5, 0.6) is 0 Å². The third kappa shape index (κ3) is 2.93. The topological polar surface area (TPSA) is 12.9 Å². The Morgan fingerprint density at radius 3 is 2.35 bits per heavy atom. The van der Waals surface area contributed by atoms with Gasteiger partial charge in [-0.15, -0.1) is 11.6 Å². The molecule has 1 nitrogen and oxygen atoms in total. The van der Waals surface area contributed by atoms with Crippen molar-refractivity contribution < 1.29 is 17.6 Å². The molecule has 6 heteroatoms. The first-order valence-electron chi connectivity index (χ1n) is 5.72. The lowest BCUT2D eigenvalue weighted by molar-refractivity contribution is -0.137. The highest BCUT2D eigenvalue weighted by Gasteiger charge is 2.31. The summed E-state index contributed by atoms with van der Waals surface area (Å²) in [5.74, 6) is -0.681. The first-order chi connectivity index (χ1) is 9.32. The van der Waals surface area contributed by atoms with E-state index in [-0.39, 0.29) is 17.1 Å². The summed E-state index contributed by atoms with van der Waals surface area (Å²) in [6.45, 7) is 1.71. The van der Waals surface area contributed by atoms with Crippen molar-refractivity contribution in [3.8, 4) is 11.3 Å². The molecule has 0 aliphatic carbocycles. The normalized spacial score (nSPS) is 11.7. The third-order valence-electron chi connectivity index (χ3n) is 2.91. The molecule has 0 saturated carbocycles. The molecule has 0 fully saturated rings. The second-order valence-electron chi connectivity index (χ2n) is 4.27. The minimum absolute atomic E-state index is 0.0298. The Hall–Kier alpha value is -1.62. The molecule has 0 aliphatic rings. The lowest BCUT2D eigenvalue weighted by atomic mass is 10.1. The van der Waals surface area contributed by atoms with E-state index in [1.165, 1.54) is 6.07 Å². The van der Waals surface area contributed by atoms with Crippen molar-refractivity contribution in [2.24, 2.45) is 0 Å². The zero-order valence-electron chi connectivity index (χ0n) is 10.4. The van der Waals surface area contributed by atoms with E-state index in [4.69, 9.17) is 11.6 Å². The number of halogens is 5. The Balaban J connectivity index is 2.46. The van der Waals surface area contributed by atoms with E-state index in [9.17, 15) is 17.6 Å². The van der Waals surface area contributed by atoms with E-state index in [1.54, 1.807) is 13.0 Å². The van der Waals surface area contributed by atoms with Crippen LogP contribution in [0.1, 0.15) is 16.8 Å². The lowest BCUT2D eigenvalue weighted by Crippen LogP contribution is -2.05. The molecule has 1 aromatic heterocycles. The summed E-state index contributed by atoms with van der Waals surface area (Å²) in [4.78, 5) is 4.16. The summed E-state index contributed by atoms with van der Waals surface area (Å²) >= 11 is 5.69. The molecule has 0 bridgehead atoms. The lowest BCUT2D eigenvalue weighted by Gasteiger charge is -2.10. The Kier molecular flexibility index (Phi) is 3.99. The summed E-state index contributed by atoms with van der Waals surface area (Å²) in [5.41, 5.74) is 0.706. The maximum Gasteiger partial charge on any atom is 0.416 e. The predicted octanol–water partition coefficient (Wildman–Crippen LogP) is 4.95. The Morgan fingerprint density at radius 1 is 1.15 bits per heavy atom. The third-order valence-corrected chi connectivity index (χ3v) is 3.20. The van der Waals surface area contributed by atoms with Crippen LogP contribution in [0.2, 0.25) is 0 Å². The van der Waals surface area contributed by atoms with Gasteiger partial charge in [-0.25, -0.2) is 4.39 Å². The highest BCUT2D eigenvalue weighted by atomic mass is 35.5. The van der Waals surface area contributed by atoms with Gasteiger partial charge < -0.3 is 0 Å². The molecule has 0 aliphatic heterocycles. The summed E-state index contributed by atoms with van der Waals surface area (Å²) < 4.78 is 51.2. The summed E-state index contributed by atoms with van der Waals surface area (Å²) in [5, 5.41) is 0. The van der Waals surface area contributed by atoms with E-state index < -0.39 is 17.6 Å². The van der Waals surface area contributed by atoms with Crippen molar-refractivity contribution in [2.45, 2.75) is 19.0 Å². The molecule has 1 aromatic carbocycles. The van der Waals surface area contributed by atoms with Crippen LogP contribution in [0.4, 0.5) is 17.6 Å². The van der Waals surface area contributed by atoms with Crippen molar-refractivity contribution >= 4 is 11.6 Å². The number of pyridine rings is 1. The Morgan fingerprint density at radius 2 is 1.85 bits per heavy atom. The second-order valence-corrected chi connectivity index (χ2v) is 4.53. The number of benzene rings is 1. The van der Waals surface area contributed by atoms with Gasteiger partial charge in [0.2, 0.25) is 0 Å². The molecule has 2 aromatic rings. The molecule has 106 valence electrons. The summed E-state index contributed by atoms with van der Waals surface area (Å²) in [6, 6.07) is 5.62. The van der Waals surface area contributed by atoms with E-state index in [0.29, 0.717) is 11.8 Å². The number of aromatic nitrogens is 1. The van der Waals surface area contributed by atoms with Crippen LogP contribution in [-0.2, 0) is 12.1 Å². The molecule has 2 rings (SSSR count). The minimum atomic E-state index is -4.56. The monoisotopic (exact) mass is 303 g/mol. The number of hydrogen-bond donors (Lipinski definition) is 0. The van der Waals surface area contributed by atoms with Crippen molar-refractivity contribution in [3.05, 3.63) is 53.0 Å². The van der Waals surface area contributed by atoms with Crippen molar-refractivity contribution in [1.29, 1.82) is 0 Å². The second kappa shape index (κ2) is 5.40. The number of nitrogens with zero attached hydrogens (tertiary/aromatic N) is 1. The molecule has 20 heavy (non-hydrogen) atoms. The van der Waals surface area contributed by atoms with E-state index in [2.05, 4.69) is 4.98 Å². The molecule has 0 N–H and O–H groups in total. The van der Waals surface area contributed by atoms with Crippen LogP contribution in [0.15, 0.2) is 30.3 Å². The standard InChI is InChI=1S/C14H10ClF4N/c1-8-9(7-15)2-5-13(20-8)11-4-3-10(6-12(11)16)14(17,18)19/h2-6H,7H2,1H3. The summed E-state index contributed by atoms with van der Waals surface area (Å²) in [6.07, 6.45) is -4.56. The fraction of sp³-hybridized carbons (Fsp3) is 0.214. The first kappa shape index (κ1) is 14.8. The van der Waals surface area contributed by atoms with Gasteiger partial charge in [0.25, 0.3) is 0 Å². The quantitative estimate of drug-likeness (QED) is 0.565. The molecule has 0 unspecified atom stereocenters. The zero-order valence-corrected chi connectivity index (χ0v) is 11.2. The molecule has 0 amide bonds. The number of hydrogen-bond acceptors (Lipinski definition) is 1. The van der Waals surface area contributed by atoms with Crippen LogP contribution < -0.4 is 0 Å². The van der Waals surface area contributed by atoms with Crippen molar-refractivity contribution in [2.75, 3.05) is 0 Å².